The molecular weight excluding hydrogens is 273 g/mol. The highest BCUT2D eigenvalue weighted by molar-refractivity contribution is 6.30. The summed E-state index contributed by atoms with van der Waals surface area (Å²) < 4.78 is 14.4. The molecule has 0 unspecified atom stereocenters. The Morgan fingerprint density at radius 2 is 2.05 bits per heavy atom. The number of benzene rings is 1. The zero-order valence-corrected chi connectivity index (χ0v) is 13.0. The monoisotopic (exact) mass is 295 g/mol. The molecule has 0 saturated heterocycles. The van der Waals surface area contributed by atoms with Gasteiger partial charge in [0.15, 0.2) is 0 Å². The molecule has 1 nitrogen and oxygen atoms in total. The second-order valence-corrected chi connectivity index (χ2v) is 7.36. The Labute approximate surface area is 125 Å². The third kappa shape index (κ3) is 2.60. The van der Waals surface area contributed by atoms with Crippen molar-refractivity contribution in [2.45, 2.75) is 51.0 Å². The minimum Gasteiger partial charge on any atom is -0.313 e. The van der Waals surface area contributed by atoms with Gasteiger partial charge in [0.2, 0.25) is 0 Å². The van der Waals surface area contributed by atoms with Crippen LogP contribution in [0.25, 0.3) is 0 Å². The van der Waals surface area contributed by atoms with Crippen LogP contribution < -0.4 is 5.32 Å². The van der Waals surface area contributed by atoms with Gasteiger partial charge in [0, 0.05) is 18.0 Å². The topological polar surface area (TPSA) is 12.0 Å². The molecular formula is C17H23ClFN. The fourth-order valence-corrected chi connectivity index (χ4v) is 3.59. The summed E-state index contributed by atoms with van der Waals surface area (Å²) in [5.74, 6) is 1.16. The lowest BCUT2D eigenvalue weighted by Gasteiger charge is -2.50. The molecule has 1 N–H and O–H groups in total. The van der Waals surface area contributed by atoms with E-state index in [0.717, 1.165) is 24.9 Å². The zero-order valence-electron chi connectivity index (χ0n) is 12.3. The molecule has 0 bridgehead atoms. The fraction of sp³-hybridized carbons (Fsp3) is 0.647. The highest BCUT2D eigenvalue weighted by Crippen LogP contribution is 2.51. The molecule has 0 spiro atoms. The number of halogens is 2. The molecule has 0 aromatic heterocycles. The number of rotatable bonds is 5. The van der Waals surface area contributed by atoms with Crippen molar-refractivity contribution in [1.82, 2.24) is 5.32 Å². The molecule has 1 aromatic rings. The first-order chi connectivity index (χ1) is 9.52. The maximum atomic E-state index is 14.4. The van der Waals surface area contributed by atoms with Crippen molar-refractivity contribution in [2.24, 2.45) is 11.8 Å². The van der Waals surface area contributed by atoms with Gasteiger partial charge in [-0.1, -0.05) is 37.6 Å². The lowest BCUT2D eigenvalue weighted by atomic mass is 9.55. The third-order valence-corrected chi connectivity index (χ3v) is 5.37. The first kappa shape index (κ1) is 14.3. The van der Waals surface area contributed by atoms with Gasteiger partial charge in [-0.15, -0.1) is 0 Å². The molecule has 0 aliphatic heterocycles. The molecule has 1 aromatic carbocycles. The molecule has 3 rings (SSSR count). The molecule has 2 aliphatic carbocycles. The van der Waals surface area contributed by atoms with Gasteiger partial charge in [-0.25, -0.2) is 4.39 Å². The van der Waals surface area contributed by atoms with Gasteiger partial charge in [0.25, 0.3) is 0 Å². The first-order valence-corrected chi connectivity index (χ1v) is 8.07. The molecule has 0 amide bonds. The zero-order chi connectivity index (χ0) is 14.3. The number of hydrogen-bond acceptors (Lipinski definition) is 1. The fourth-order valence-electron chi connectivity index (χ4n) is 3.42. The van der Waals surface area contributed by atoms with Crippen LogP contribution in [0.4, 0.5) is 4.39 Å². The molecule has 2 aliphatic rings. The largest absolute Gasteiger partial charge is 0.313 e. The van der Waals surface area contributed by atoms with Gasteiger partial charge in [-0.05, 0) is 49.1 Å². The normalized spacial score (nSPS) is 29.6. The van der Waals surface area contributed by atoms with E-state index in [0.29, 0.717) is 17.9 Å². The Morgan fingerprint density at radius 1 is 1.35 bits per heavy atom. The van der Waals surface area contributed by atoms with Crippen molar-refractivity contribution in [3.05, 3.63) is 34.6 Å². The van der Waals surface area contributed by atoms with Gasteiger partial charge in [0.05, 0.1) is 5.02 Å². The first-order valence-electron chi connectivity index (χ1n) is 7.70. The minimum atomic E-state index is -0.214. The Kier molecular flexibility index (Phi) is 3.81. The van der Waals surface area contributed by atoms with Crippen molar-refractivity contribution >= 4 is 11.6 Å². The molecule has 2 saturated carbocycles. The van der Waals surface area contributed by atoms with E-state index < -0.39 is 0 Å². The summed E-state index contributed by atoms with van der Waals surface area (Å²) in [6.45, 7) is 5.41. The highest BCUT2D eigenvalue weighted by atomic mass is 35.5. The molecule has 0 radical (unpaired) electrons. The Morgan fingerprint density at radius 3 is 2.65 bits per heavy atom. The van der Waals surface area contributed by atoms with Crippen molar-refractivity contribution in [2.75, 3.05) is 6.54 Å². The standard InChI is InChI=1S/C17H23ClFN/c1-11(2)12-8-17(9-12,10-20-13-6-7-13)14-4-3-5-15(18)16(14)19/h3-5,11-13,20H,6-10H2,1-2H3. The van der Waals surface area contributed by atoms with E-state index in [2.05, 4.69) is 19.2 Å². The second-order valence-electron chi connectivity index (χ2n) is 6.95. The quantitative estimate of drug-likeness (QED) is 0.841. The smallest absolute Gasteiger partial charge is 0.145 e. The summed E-state index contributed by atoms with van der Waals surface area (Å²) in [7, 11) is 0. The average molecular weight is 296 g/mol. The van der Waals surface area contributed by atoms with Crippen LogP contribution in [-0.4, -0.2) is 12.6 Å². The predicted molar refractivity (Wildman–Crippen MR) is 81.7 cm³/mol. The molecule has 20 heavy (non-hydrogen) atoms. The van der Waals surface area contributed by atoms with Crippen LogP contribution in [0.5, 0.6) is 0 Å². The van der Waals surface area contributed by atoms with Crippen LogP contribution in [0, 0.1) is 17.7 Å². The minimum absolute atomic E-state index is 0.0491. The summed E-state index contributed by atoms with van der Waals surface area (Å²) in [5.41, 5.74) is 0.766. The van der Waals surface area contributed by atoms with E-state index in [9.17, 15) is 4.39 Å². The summed E-state index contributed by atoms with van der Waals surface area (Å²) >= 11 is 5.98. The van der Waals surface area contributed by atoms with Gasteiger partial charge >= 0.3 is 0 Å². The van der Waals surface area contributed by atoms with Crippen LogP contribution in [-0.2, 0) is 5.41 Å². The summed E-state index contributed by atoms with van der Waals surface area (Å²) in [5, 5.41) is 3.85. The molecule has 110 valence electrons. The van der Waals surface area contributed by atoms with Crippen LogP contribution in [0.1, 0.15) is 45.1 Å². The predicted octanol–water partition coefficient (Wildman–Crippen LogP) is 4.53. The number of nitrogens with one attached hydrogen (secondary N) is 1. The maximum Gasteiger partial charge on any atom is 0.145 e. The maximum absolute atomic E-state index is 14.4. The molecule has 0 atom stereocenters. The van der Waals surface area contributed by atoms with Crippen LogP contribution >= 0.6 is 11.6 Å². The highest BCUT2D eigenvalue weighted by Gasteiger charge is 2.48. The van der Waals surface area contributed by atoms with Gasteiger partial charge < -0.3 is 5.32 Å². The lowest BCUT2D eigenvalue weighted by molar-refractivity contribution is 0.0941. The van der Waals surface area contributed by atoms with E-state index in [1.165, 1.54) is 12.8 Å². The summed E-state index contributed by atoms with van der Waals surface area (Å²) in [4.78, 5) is 0. The van der Waals surface area contributed by atoms with E-state index in [4.69, 9.17) is 11.6 Å². The SMILES string of the molecule is CC(C)C1CC(CNC2CC2)(c2cccc(Cl)c2F)C1. The van der Waals surface area contributed by atoms with Gasteiger partial charge in [-0.2, -0.15) is 0 Å². The number of hydrogen-bond donors (Lipinski definition) is 1. The van der Waals surface area contributed by atoms with Crippen molar-refractivity contribution in [3.8, 4) is 0 Å². The summed E-state index contributed by atoms with van der Waals surface area (Å²) in [6, 6.07) is 6.10. The van der Waals surface area contributed by atoms with E-state index in [1.807, 2.05) is 12.1 Å². The van der Waals surface area contributed by atoms with Crippen LogP contribution in [0.15, 0.2) is 18.2 Å². The van der Waals surface area contributed by atoms with Crippen molar-refractivity contribution in [3.63, 3.8) is 0 Å². The Balaban J connectivity index is 1.83. The van der Waals surface area contributed by atoms with E-state index >= 15 is 0 Å². The van der Waals surface area contributed by atoms with Crippen LogP contribution in [0.3, 0.4) is 0 Å². The van der Waals surface area contributed by atoms with E-state index in [1.54, 1.807) is 6.07 Å². The average Bonchev–Trinajstić information content (AvgIpc) is 3.16. The molecule has 0 heterocycles. The third-order valence-electron chi connectivity index (χ3n) is 5.08. The molecule has 3 heteroatoms. The van der Waals surface area contributed by atoms with E-state index in [-0.39, 0.29) is 16.3 Å². The molecule has 2 fully saturated rings. The van der Waals surface area contributed by atoms with Crippen molar-refractivity contribution in [1.29, 1.82) is 0 Å². The Hall–Kier alpha value is -0.600. The second kappa shape index (κ2) is 5.31. The van der Waals surface area contributed by atoms with Crippen molar-refractivity contribution < 1.29 is 4.39 Å². The van der Waals surface area contributed by atoms with Gasteiger partial charge in [-0.3, -0.25) is 0 Å². The van der Waals surface area contributed by atoms with Crippen LogP contribution in [0.2, 0.25) is 5.02 Å². The van der Waals surface area contributed by atoms with Gasteiger partial charge in [0.1, 0.15) is 5.82 Å². The summed E-state index contributed by atoms with van der Waals surface area (Å²) in [6.07, 6.45) is 4.67. The Bertz CT molecular complexity index is 484. The lowest BCUT2D eigenvalue weighted by Crippen LogP contribution is -2.51.